The lowest BCUT2D eigenvalue weighted by atomic mass is 10.2. The van der Waals surface area contributed by atoms with E-state index in [1.807, 2.05) is 55.1 Å². The molecule has 3 aromatic heterocycles. The second-order valence-electron chi connectivity index (χ2n) is 7.03. The number of halogens is 3. The second kappa shape index (κ2) is 9.13. The molecule has 0 fully saturated rings. The number of amides is 1. The molecule has 3 heterocycles. The van der Waals surface area contributed by atoms with Gasteiger partial charge in [0, 0.05) is 44.3 Å². The molecule has 4 rings (SSSR count). The summed E-state index contributed by atoms with van der Waals surface area (Å²) in [5.74, 6) is -2.81. The van der Waals surface area contributed by atoms with Crippen LogP contribution in [0, 0.1) is 0 Å². The predicted molar refractivity (Wildman–Crippen MR) is 113 cm³/mol. The Morgan fingerprint density at radius 2 is 1.69 bits per heavy atom. The third-order valence-electron chi connectivity index (χ3n) is 4.96. The van der Waals surface area contributed by atoms with Gasteiger partial charge in [0.1, 0.15) is 5.69 Å². The van der Waals surface area contributed by atoms with Gasteiger partial charge in [-0.3, -0.25) is 9.78 Å². The average Bonchev–Trinajstić information content (AvgIpc) is 3.24. The number of hydrogen-bond acceptors (Lipinski definition) is 3. The Kier molecular flexibility index (Phi) is 6.52. The van der Waals surface area contributed by atoms with Gasteiger partial charge in [0.05, 0.1) is 16.6 Å². The average molecular weight is 446 g/mol. The molecule has 7 nitrogen and oxygen atoms in total. The summed E-state index contributed by atoms with van der Waals surface area (Å²) in [4.78, 5) is 25.8. The number of nitrogens with zero attached hydrogens (tertiary/aromatic N) is 3. The number of carbonyl (C=O) groups excluding carboxylic acids is 1. The van der Waals surface area contributed by atoms with Gasteiger partial charge in [-0.15, -0.1) is 0 Å². The Labute approximate surface area is 181 Å². The second-order valence-corrected chi connectivity index (χ2v) is 7.03. The van der Waals surface area contributed by atoms with E-state index in [1.54, 1.807) is 6.20 Å². The fourth-order valence-electron chi connectivity index (χ4n) is 3.42. The number of aliphatic carboxylic acids is 1. The summed E-state index contributed by atoms with van der Waals surface area (Å²) in [6.45, 7) is 0.568. The van der Waals surface area contributed by atoms with Crippen molar-refractivity contribution >= 4 is 33.8 Å². The van der Waals surface area contributed by atoms with Crippen molar-refractivity contribution in [1.29, 1.82) is 0 Å². The van der Waals surface area contributed by atoms with Gasteiger partial charge in [-0.25, -0.2) is 4.79 Å². The number of hydrogen-bond donors (Lipinski definition) is 2. The highest BCUT2D eigenvalue weighted by Gasteiger charge is 2.38. The van der Waals surface area contributed by atoms with Crippen LogP contribution in [-0.4, -0.2) is 43.8 Å². The number of aryl methyl sites for hydroxylation is 2. The minimum Gasteiger partial charge on any atom is -0.475 e. The highest BCUT2D eigenvalue weighted by atomic mass is 19.4. The van der Waals surface area contributed by atoms with Crippen LogP contribution in [0.3, 0.4) is 0 Å². The zero-order chi connectivity index (χ0) is 23.5. The molecule has 168 valence electrons. The Morgan fingerprint density at radius 3 is 2.31 bits per heavy atom. The lowest BCUT2D eigenvalue weighted by Gasteiger charge is -2.07. The first kappa shape index (κ1) is 22.9. The maximum atomic E-state index is 12.6. The predicted octanol–water partition coefficient (Wildman–Crippen LogP) is 3.67. The first-order chi connectivity index (χ1) is 15.1. The molecule has 0 spiro atoms. The number of fused-ring (bicyclic) bond motifs is 3. The number of rotatable bonds is 4. The van der Waals surface area contributed by atoms with Gasteiger partial charge in [0.2, 0.25) is 0 Å². The molecule has 1 amide bonds. The molecule has 2 N–H and O–H groups in total. The fourth-order valence-corrected chi connectivity index (χ4v) is 3.42. The number of alkyl halides is 3. The summed E-state index contributed by atoms with van der Waals surface area (Å²) < 4.78 is 35.9. The van der Waals surface area contributed by atoms with Gasteiger partial charge < -0.3 is 19.6 Å². The first-order valence-electron chi connectivity index (χ1n) is 9.62. The Balaban J connectivity index is 0.000000360. The number of benzene rings is 1. The van der Waals surface area contributed by atoms with Crippen molar-refractivity contribution in [3.05, 3.63) is 66.1 Å². The molecule has 0 radical (unpaired) electrons. The third-order valence-corrected chi connectivity index (χ3v) is 4.96. The maximum absolute atomic E-state index is 12.6. The number of aromatic nitrogens is 3. The summed E-state index contributed by atoms with van der Waals surface area (Å²) >= 11 is 0. The van der Waals surface area contributed by atoms with E-state index in [9.17, 15) is 18.0 Å². The minimum atomic E-state index is -5.08. The molecule has 0 aliphatic rings. The highest BCUT2D eigenvalue weighted by Crippen LogP contribution is 2.30. The van der Waals surface area contributed by atoms with Crippen LogP contribution in [0.5, 0.6) is 0 Å². The molecule has 1 aromatic carbocycles. The lowest BCUT2D eigenvalue weighted by molar-refractivity contribution is -0.192. The molecule has 32 heavy (non-hydrogen) atoms. The van der Waals surface area contributed by atoms with E-state index >= 15 is 0 Å². The first-order valence-corrected chi connectivity index (χ1v) is 9.62. The van der Waals surface area contributed by atoms with Crippen LogP contribution in [0.4, 0.5) is 13.2 Å². The Hall–Kier alpha value is -3.82. The van der Waals surface area contributed by atoms with Crippen molar-refractivity contribution in [2.24, 2.45) is 14.1 Å². The summed E-state index contributed by atoms with van der Waals surface area (Å²) in [5, 5.41) is 11.3. The molecule has 0 saturated heterocycles. The molecule has 0 aliphatic carbocycles. The van der Waals surface area contributed by atoms with Gasteiger partial charge in [0.25, 0.3) is 5.91 Å². The Bertz CT molecular complexity index is 1260. The van der Waals surface area contributed by atoms with E-state index in [0.29, 0.717) is 12.2 Å². The smallest absolute Gasteiger partial charge is 0.475 e. The normalized spacial score (nSPS) is 11.3. The molecule has 0 atom stereocenters. The van der Waals surface area contributed by atoms with E-state index in [-0.39, 0.29) is 5.91 Å². The monoisotopic (exact) mass is 446 g/mol. The van der Waals surface area contributed by atoms with E-state index < -0.39 is 12.1 Å². The van der Waals surface area contributed by atoms with E-state index in [0.717, 1.165) is 28.5 Å². The van der Waals surface area contributed by atoms with Crippen LogP contribution < -0.4 is 5.32 Å². The van der Waals surface area contributed by atoms with Gasteiger partial charge in [-0.05, 0) is 24.3 Å². The zero-order valence-corrected chi connectivity index (χ0v) is 17.3. The summed E-state index contributed by atoms with van der Waals surface area (Å²) in [6, 6.07) is 16.0. The highest BCUT2D eigenvalue weighted by molar-refractivity contribution is 6.10. The van der Waals surface area contributed by atoms with Crippen LogP contribution >= 0.6 is 0 Å². The standard InChI is InChI=1S/C20H20N4O.C2HF3O2/c1-23-16-9-4-3-8-15(16)19-17(23)13-18(24(19)2)20(25)22-12-10-14-7-5-6-11-21-14;3-2(4,5)1(6)7/h3-9,11,13H,10,12H2,1-2H3,(H,22,25);(H,6,7). The molecule has 4 aromatic rings. The summed E-state index contributed by atoms with van der Waals surface area (Å²) in [6.07, 6.45) is -2.59. The van der Waals surface area contributed by atoms with Crippen molar-refractivity contribution in [2.75, 3.05) is 6.54 Å². The van der Waals surface area contributed by atoms with Crippen LogP contribution in [0.2, 0.25) is 0 Å². The van der Waals surface area contributed by atoms with E-state index in [4.69, 9.17) is 9.90 Å². The zero-order valence-electron chi connectivity index (χ0n) is 17.3. The number of para-hydroxylation sites is 1. The number of carboxylic acid groups (broad SMARTS) is 1. The topological polar surface area (TPSA) is 89.2 Å². The summed E-state index contributed by atoms with van der Waals surface area (Å²) in [5.41, 5.74) is 4.98. The molecular weight excluding hydrogens is 425 g/mol. The molecule has 0 unspecified atom stereocenters. The van der Waals surface area contributed by atoms with Crippen molar-refractivity contribution in [3.8, 4) is 0 Å². The molecule has 0 aliphatic heterocycles. The number of nitrogens with one attached hydrogen (secondary N) is 1. The van der Waals surface area contributed by atoms with Crippen LogP contribution in [-0.2, 0) is 25.3 Å². The van der Waals surface area contributed by atoms with Crippen LogP contribution in [0.25, 0.3) is 21.9 Å². The van der Waals surface area contributed by atoms with Gasteiger partial charge in [-0.1, -0.05) is 24.3 Å². The molecular formula is C22H21F3N4O3. The van der Waals surface area contributed by atoms with E-state index in [2.05, 4.69) is 27.0 Å². The molecule has 0 saturated carbocycles. The number of carboxylic acids is 1. The van der Waals surface area contributed by atoms with Gasteiger partial charge in [-0.2, -0.15) is 13.2 Å². The molecule has 0 bridgehead atoms. The fraction of sp³-hybridized carbons (Fsp3) is 0.227. The van der Waals surface area contributed by atoms with Crippen LogP contribution in [0.1, 0.15) is 16.2 Å². The Morgan fingerprint density at radius 1 is 1.03 bits per heavy atom. The lowest BCUT2D eigenvalue weighted by Crippen LogP contribution is -2.27. The maximum Gasteiger partial charge on any atom is 0.490 e. The third kappa shape index (κ3) is 4.74. The minimum absolute atomic E-state index is 0.0567. The molecule has 10 heteroatoms. The van der Waals surface area contributed by atoms with Crippen molar-refractivity contribution in [1.82, 2.24) is 19.4 Å². The van der Waals surface area contributed by atoms with Gasteiger partial charge >= 0.3 is 12.1 Å². The number of pyridine rings is 1. The van der Waals surface area contributed by atoms with Crippen LogP contribution in [0.15, 0.2) is 54.7 Å². The SMILES string of the molecule is Cn1c(C(=O)NCCc2ccccn2)cc2c1c1ccccc1n2C.O=C(O)C(F)(F)F. The van der Waals surface area contributed by atoms with Gasteiger partial charge in [0.15, 0.2) is 0 Å². The van der Waals surface area contributed by atoms with Crippen molar-refractivity contribution in [2.45, 2.75) is 12.6 Å². The van der Waals surface area contributed by atoms with Crippen molar-refractivity contribution in [3.63, 3.8) is 0 Å². The number of carbonyl (C=O) groups is 2. The summed E-state index contributed by atoms with van der Waals surface area (Å²) in [7, 11) is 3.98. The van der Waals surface area contributed by atoms with E-state index in [1.165, 1.54) is 5.52 Å². The quantitative estimate of drug-likeness (QED) is 0.501. The largest absolute Gasteiger partial charge is 0.490 e. The van der Waals surface area contributed by atoms with Crippen molar-refractivity contribution < 1.29 is 27.9 Å².